The van der Waals surface area contributed by atoms with E-state index in [0.29, 0.717) is 24.0 Å². The highest BCUT2D eigenvalue weighted by Gasteiger charge is 2.18. The molecule has 1 saturated heterocycles. The zero-order valence-electron chi connectivity index (χ0n) is 11.9. The molecular weight excluding hydrogens is 272 g/mol. The monoisotopic (exact) mass is 290 g/mol. The molecule has 3 rings (SSSR count). The molecule has 0 aromatic carbocycles. The molecule has 1 aliphatic rings. The molecular formula is C13H18N6O2. The van der Waals surface area contributed by atoms with Gasteiger partial charge in [0.15, 0.2) is 5.69 Å². The van der Waals surface area contributed by atoms with Gasteiger partial charge in [0, 0.05) is 6.07 Å². The molecule has 3 heterocycles. The molecule has 0 atom stereocenters. The second-order valence-corrected chi connectivity index (χ2v) is 5.18. The predicted octanol–water partition coefficient (Wildman–Crippen LogP) is 0.429. The van der Waals surface area contributed by atoms with Crippen LogP contribution >= 0.6 is 0 Å². The highest BCUT2D eigenvalue weighted by atomic mass is 16.5. The van der Waals surface area contributed by atoms with Gasteiger partial charge in [0.2, 0.25) is 0 Å². The number of carbonyl (C=O) groups is 1. The first kappa shape index (κ1) is 13.7. The Hall–Kier alpha value is -2.22. The average Bonchev–Trinajstić information content (AvgIpc) is 3.15. The summed E-state index contributed by atoms with van der Waals surface area (Å²) in [5.74, 6) is 0.465. The molecule has 2 N–H and O–H groups in total. The van der Waals surface area contributed by atoms with Crippen molar-refractivity contribution in [3.05, 3.63) is 29.4 Å². The summed E-state index contributed by atoms with van der Waals surface area (Å²) in [6, 6.07) is 2.10. The fourth-order valence-electron chi connectivity index (χ4n) is 2.39. The molecule has 1 aliphatic heterocycles. The van der Waals surface area contributed by atoms with E-state index in [1.165, 1.54) is 0 Å². The van der Waals surface area contributed by atoms with E-state index in [1.54, 1.807) is 16.9 Å². The van der Waals surface area contributed by atoms with Crippen molar-refractivity contribution in [3.63, 3.8) is 0 Å². The number of hydrogen-bond acceptors (Lipinski definition) is 6. The van der Waals surface area contributed by atoms with Crippen molar-refractivity contribution in [3.8, 4) is 0 Å². The zero-order chi connectivity index (χ0) is 14.7. The lowest BCUT2D eigenvalue weighted by Gasteiger charge is -2.22. The number of carbonyl (C=O) groups excluding carboxylic acids is 1. The third kappa shape index (κ3) is 3.27. The second kappa shape index (κ2) is 6.04. The van der Waals surface area contributed by atoms with Crippen molar-refractivity contribution in [2.75, 3.05) is 13.1 Å². The number of rotatable bonds is 4. The standard InChI is InChI=1S/C13H18N6O2/c1-9-6-10(17-21-9)7-15-13(20)12-8-19(18-16-12)11-2-4-14-5-3-11/h6,8,11,14H,2-5,7H2,1H3,(H,15,20). The summed E-state index contributed by atoms with van der Waals surface area (Å²) in [6.45, 7) is 4.06. The fourth-order valence-corrected chi connectivity index (χ4v) is 2.39. The van der Waals surface area contributed by atoms with Gasteiger partial charge in [-0.2, -0.15) is 0 Å². The maximum Gasteiger partial charge on any atom is 0.273 e. The van der Waals surface area contributed by atoms with E-state index >= 15 is 0 Å². The highest BCUT2D eigenvalue weighted by Crippen LogP contribution is 2.17. The van der Waals surface area contributed by atoms with Crippen LogP contribution in [0.25, 0.3) is 0 Å². The van der Waals surface area contributed by atoms with Gasteiger partial charge in [0.25, 0.3) is 5.91 Å². The summed E-state index contributed by atoms with van der Waals surface area (Å²) in [4.78, 5) is 12.0. The lowest BCUT2D eigenvalue weighted by Crippen LogP contribution is -2.29. The molecule has 0 spiro atoms. The highest BCUT2D eigenvalue weighted by molar-refractivity contribution is 5.91. The lowest BCUT2D eigenvalue weighted by molar-refractivity contribution is 0.0945. The molecule has 0 saturated carbocycles. The van der Waals surface area contributed by atoms with Crippen molar-refractivity contribution in [2.45, 2.75) is 32.4 Å². The molecule has 1 amide bonds. The summed E-state index contributed by atoms with van der Waals surface area (Å²) in [6.07, 6.45) is 3.71. The van der Waals surface area contributed by atoms with Crippen LogP contribution < -0.4 is 10.6 Å². The van der Waals surface area contributed by atoms with E-state index in [4.69, 9.17) is 4.52 Å². The van der Waals surface area contributed by atoms with Crippen LogP contribution in [0, 0.1) is 6.92 Å². The SMILES string of the molecule is Cc1cc(CNC(=O)c2cn(C3CCNCC3)nn2)no1. The van der Waals surface area contributed by atoms with Crippen molar-refractivity contribution in [1.82, 2.24) is 30.8 Å². The van der Waals surface area contributed by atoms with Crippen LogP contribution in [0.3, 0.4) is 0 Å². The summed E-state index contributed by atoms with van der Waals surface area (Å²) in [5, 5.41) is 17.9. The fraction of sp³-hybridized carbons (Fsp3) is 0.538. The number of hydrogen-bond donors (Lipinski definition) is 2. The van der Waals surface area contributed by atoms with Gasteiger partial charge < -0.3 is 15.2 Å². The van der Waals surface area contributed by atoms with Gasteiger partial charge in [-0.05, 0) is 32.9 Å². The number of aryl methyl sites for hydroxylation is 1. The molecule has 21 heavy (non-hydrogen) atoms. The third-order valence-electron chi connectivity index (χ3n) is 3.53. The van der Waals surface area contributed by atoms with Gasteiger partial charge in [-0.25, -0.2) is 4.68 Å². The van der Waals surface area contributed by atoms with Gasteiger partial charge in [-0.1, -0.05) is 10.4 Å². The second-order valence-electron chi connectivity index (χ2n) is 5.18. The van der Waals surface area contributed by atoms with E-state index in [2.05, 4.69) is 26.1 Å². The van der Waals surface area contributed by atoms with Crippen LogP contribution in [0.4, 0.5) is 0 Å². The van der Waals surface area contributed by atoms with Crippen LogP contribution in [-0.4, -0.2) is 39.1 Å². The smallest absolute Gasteiger partial charge is 0.273 e. The summed E-state index contributed by atoms with van der Waals surface area (Å²) in [7, 11) is 0. The minimum Gasteiger partial charge on any atom is -0.361 e. The maximum atomic E-state index is 12.0. The van der Waals surface area contributed by atoms with Crippen molar-refractivity contribution < 1.29 is 9.32 Å². The minimum absolute atomic E-state index is 0.254. The van der Waals surface area contributed by atoms with Gasteiger partial charge >= 0.3 is 0 Å². The number of nitrogens with one attached hydrogen (secondary N) is 2. The van der Waals surface area contributed by atoms with E-state index in [9.17, 15) is 4.79 Å². The van der Waals surface area contributed by atoms with E-state index < -0.39 is 0 Å². The summed E-state index contributed by atoms with van der Waals surface area (Å²) < 4.78 is 6.73. The molecule has 112 valence electrons. The Morgan fingerprint density at radius 2 is 2.33 bits per heavy atom. The lowest BCUT2D eigenvalue weighted by atomic mass is 10.1. The molecule has 8 nitrogen and oxygen atoms in total. The van der Waals surface area contributed by atoms with Crippen LogP contribution in [-0.2, 0) is 6.54 Å². The predicted molar refractivity (Wildman–Crippen MR) is 73.6 cm³/mol. The number of aromatic nitrogens is 4. The maximum absolute atomic E-state index is 12.0. The Morgan fingerprint density at radius 1 is 1.52 bits per heavy atom. The molecule has 0 radical (unpaired) electrons. The van der Waals surface area contributed by atoms with Gasteiger partial charge in [-0.3, -0.25) is 4.79 Å². The van der Waals surface area contributed by atoms with Crippen molar-refractivity contribution in [2.24, 2.45) is 0 Å². The van der Waals surface area contributed by atoms with Crippen LogP contribution in [0.1, 0.15) is 40.8 Å². The number of amides is 1. The van der Waals surface area contributed by atoms with E-state index in [1.807, 2.05) is 6.92 Å². The first-order valence-electron chi connectivity index (χ1n) is 7.05. The first-order chi connectivity index (χ1) is 10.2. The quantitative estimate of drug-likeness (QED) is 0.847. The Kier molecular flexibility index (Phi) is 3.96. The summed E-state index contributed by atoms with van der Waals surface area (Å²) in [5.41, 5.74) is 1.01. The molecule has 0 bridgehead atoms. The van der Waals surface area contributed by atoms with Crippen LogP contribution in [0.5, 0.6) is 0 Å². The topological polar surface area (TPSA) is 97.9 Å². The molecule has 0 aliphatic carbocycles. The average molecular weight is 290 g/mol. The van der Waals surface area contributed by atoms with Crippen molar-refractivity contribution in [1.29, 1.82) is 0 Å². The van der Waals surface area contributed by atoms with E-state index in [-0.39, 0.29) is 5.91 Å². The Morgan fingerprint density at radius 3 is 3.05 bits per heavy atom. The van der Waals surface area contributed by atoms with Gasteiger partial charge in [-0.15, -0.1) is 5.10 Å². The number of nitrogens with zero attached hydrogens (tertiary/aromatic N) is 4. The number of piperidine rings is 1. The largest absolute Gasteiger partial charge is 0.361 e. The normalized spacial score (nSPS) is 16.0. The van der Waals surface area contributed by atoms with E-state index in [0.717, 1.165) is 31.7 Å². The van der Waals surface area contributed by atoms with Crippen LogP contribution in [0.15, 0.2) is 16.8 Å². The van der Waals surface area contributed by atoms with Gasteiger partial charge in [0.1, 0.15) is 11.5 Å². The zero-order valence-corrected chi connectivity index (χ0v) is 11.9. The summed E-state index contributed by atoms with van der Waals surface area (Å²) >= 11 is 0. The molecule has 1 fully saturated rings. The Labute approximate surface area is 121 Å². The molecule has 0 unspecified atom stereocenters. The molecule has 2 aromatic heterocycles. The third-order valence-corrected chi connectivity index (χ3v) is 3.53. The Bertz CT molecular complexity index is 614. The molecule has 2 aromatic rings. The van der Waals surface area contributed by atoms with Crippen molar-refractivity contribution >= 4 is 5.91 Å². The first-order valence-corrected chi connectivity index (χ1v) is 7.05. The molecule has 8 heteroatoms. The van der Waals surface area contributed by atoms with Gasteiger partial charge in [0.05, 0.1) is 18.8 Å². The Balaban J connectivity index is 1.58. The minimum atomic E-state index is -0.254. The van der Waals surface area contributed by atoms with Crippen LogP contribution in [0.2, 0.25) is 0 Å².